The molecule has 0 bridgehead atoms. The first-order chi connectivity index (χ1) is 13.5. The Hall–Kier alpha value is -2.67. The van der Waals surface area contributed by atoms with Gasteiger partial charge in [0.25, 0.3) is 5.78 Å². The van der Waals surface area contributed by atoms with Crippen LogP contribution in [0.4, 0.5) is 5.13 Å². The highest BCUT2D eigenvalue weighted by Gasteiger charge is 2.48. The molecule has 140 valence electrons. The number of aromatic nitrogens is 1. The van der Waals surface area contributed by atoms with Crippen molar-refractivity contribution in [1.29, 1.82) is 0 Å². The van der Waals surface area contributed by atoms with Crippen LogP contribution in [0.2, 0.25) is 10.0 Å². The maximum Gasteiger partial charge on any atom is 0.301 e. The molecule has 28 heavy (non-hydrogen) atoms. The van der Waals surface area contributed by atoms with E-state index in [4.69, 9.17) is 23.2 Å². The predicted molar refractivity (Wildman–Crippen MR) is 110 cm³/mol. The highest BCUT2D eigenvalue weighted by molar-refractivity contribution is 7.14. The van der Waals surface area contributed by atoms with E-state index >= 15 is 0 Å². The molecule has 1 amide bonds. The molecule has 1 aliphatic rings. The van der Waals surface area contributed by atoms with E-state index in [1.165, 1.54) is 16.2 Å². The van der Waals surface area contributed by atoms with Gasteiger partial charge in [0.2, 0.25) is 0 Å². The summed E-state index contributed by atoms with van der Waals surface area (Å²) in [5.41, 5.74) is 0.850. The van der Waals surface area contributed by atoms with Gasteiger partial charge in [0.1, 0.15) is 5.76 Å². The molecule has 0 spiro atoms. The summed E-state index contributed by atoms with van der Waals surface area (Å²) >= 11 is 13.4. The Bertz CT molecular complexity index is 1090. The van der Waals surface area contributed by atoms with Gasteiger partial charge in [0.05, 0.1) is 16.6 Å². The van der Waals surface area contributed by atoms with Crippen molar-refractivity contribution in [1.82, 2.24) is 4.98 Å². The molecule has 3 aromatic rings. The normalized spacial score (nSPS) is 18.6. The van der Waals surface area contributed by atoms with Gasteiger partial charge in [0, 0.05) is 22.2 Å². The quantitative estimate of drug-likeness (QED) is 0.357. The van der Waals surface area contributed by atoms with E-state index in [1.807, 2.05) is 0 Å². The number of anilines is 1. The second-order valence-electron chi connectivity index (χ2n) is 6.02. The van der Waals surface area contributed by atoms with Crippen LogP contribution >= 0.6 is 34.5 Å². The fourth-order valence-corrected chi connectivity index (χ4v) is 4.14. The lowest BCUT2D eigenvalue weighted by Crippen LogP contribution is -2.29. The summed E-state index contributed by atoms with van der Waals surface area (Å²) in [6, 6.07) is 12.5. The second-order valence-corrected chi connectivity index (χ2v) is 7.73. The third-order valence-corrected chi connectivity index (χ3v) is 5.74. The van der Waals surface area contributed by atoms with Crippen LogP contribution in [0.1, 0.15) is 17.2 Å². The number of aliphatic hydroxyl groups is 1. The molecule has 1 fully saturated rings. The summed E-state index contributed by atoms with van der Waals surface area (Å²) in [4.78, 5) is 31.2. The summed E-state index contributed by atoms with van der Waals surface area (Å²) in [5.74, 6) is -1.89. The number of amides is 1. The minimum absolute atomic E-state index is 0.0457. The Morgan fingerprint density at radius 2 is 1.79 bits per heavy atom. The summed E-state index contributed by atoms with van der Waals surface area (Å²) in [6.45, 7) is 0. The van der Waals surface area contributed by atoms with E-state index in [-0.39, 0.29) is 21.9 Å². The van der Waals surface area contributed by atoms with Crippen molar-refractivity contribution in [2.75, 3.05) is 4.90 Å². The van der Waals surface area contributed by atoms with E-state index in [9.17, 15) is 14.7 Å². The number of ketones is 1. The molecule has 2 aromatic carbocycles. The van der Waals surface area contributed by atoms with Crippen molar-refractivity contribution in [3.63, 3.8) is 0 Å². The van der Waals surface area contributed by atoms with Crippen molar-refractivity contribution in [3.8, 4) is 0 Å². The number of thiazole rings is 1. The molecule has 1 unspecified atom stereocenters. The van der Waals surface area contributed by atoms with Crippen molar-refractivity contribution in [2.24, 2.45) is 0 Å². The number of benzene rings is 2. The Morgan fingerprint density at radius 1 is 1.07 bits per heavy atom. The Morgan fingerprint density at radius 3 is 2.43 bits per heavy atom. The van der Waals surface area contributed by atoms with Crippen LogP contribution in [0.25, 0.3) is 5.76 Å². The minimum atomic E-state index is -0.848. The summed E-state index contributed by atoms with van der Waals surface area (Å²) in [5, 5.41) is 13.8. The molecule has 1 N–H and O–H groups in total. The largest absolute Gasteiger partial charge is 0.507 e. The molecule has 0 radical (unpaired) electrons. The Labute approximate surface area is 174 Å². The van der Waals surface area contributed by atoms with Gasteiger partial charge >= 0.3 is 5.91 Å². The molecular weight excluding hydrogens is 419 g/mol. The SMILES string of the molecule is O=C1C(=O)N(c2nccs2)C(c2ccc(Cl)cc2)C1=C(O)c1ccccc1Cl. The first-order valence-corrected chi connectivity index (χ1v) is 9.83. The average Bonchev–Trinajstić information content (AvgIpc) is 3.30. The van der Waals surface area contributed by atoms with Crippen LogP contribution in [0.5, 0.6) is 0 Å². The minimum Gasteiger partial charge on any atom is -0.507 e. The topological polar surface area (TPSA) is 70.5 Å². The predicted octanol–water partition coefficient (Wildman–Crippen LogP) is 5.08. The zero-order valence-corrected chi connectivity index (χ0v) is 16.5. The summed E-state index contributed by atoms with van der Waals surface area (Å²) < 4.78 is 0. The number of halogens is 2. The maximum atomic E-state index is 12.9. The molecular formula is C20H12Cl2N2O3S. The number of hydrogen-bond donors (Lipinski definition) is 1. The smallest absolute Gasteiger partial charge is 0.301 e. The van der Waals surface area contributed by atoms with Gasteiger partial charge < -0.3 is 5.11 Å². The van der Waals surface area contributed by atoms with Gasteiger partial charge in [-0.05, 0) is 29.8 Å². The van der Waals surface area contributed by atoms with Crippen LogP contribution in [0.3, 0.4) is 0 Å². The molecule has 5 nitrogen and oxygen atoms in total. The molecule has 0 saturated carbocycles. The van der Waals surface area contributed by atoms with Gasteiger partial charge in [-0.25, -0.2) is 4.98 Å². The molecule has 1 aliphatic heterocycles. The van der Waals surface area contributed by atoms with Crippen molar-refractivity contribution < 1.29 is 14.7 Å². The average molecular weight is 431 g/mol. The maximum absolute atomic E-state index is 12.9. The molecule has 0 aliphatic carbocycles. The number of hydrogen-bond acceptors (Lipinski definition) is 5. The monoisotopic (exact) mass is 430 g/mol. The van der Waals surface area contributed by atoms with E-state index < -0.39 is 17.7 Å². The lowest BCUT2D eigenvalue weighted by Gasteiger charge is -2.23. The van der Waals surface area contributed by atoms with Crippen LogP contribution in [-0.4, -0.2) is 21.8 Å². The van der Waals surface area contributed by atoms with Crippen LogP contribution < -0.4 is 4.90 Å². The third kappa shape index (κ3) is 3.09. The van der Waals surface area contributed by atoms with Gasteiger partial charge in [-0.15, -0.1) is 11.3 Å². The molecule has 1 saturated heterocycles. The summed E-state index contributed by atoms with van der Waals surface area (Å²) in [7, 11) is 0. The van der Waals surface area contributed by atoms with E-state index in [1.54, 1.807) is 60.1 Å². The number of carbonyl (C=O) groups is 2. The standard InChI is InChI=1S/C20H12Cl2N2O3S/c21-12-7-5-11(6-8-12)16-15(17(25)13-3-1-2-4-14(13)22)18(26)19(27)24(16)20-23-9-10-28-20/h1-10,16,25H. The first-order valence-electron chi connectivity index (χ1n) is 8.20. The Balaban J connectivity index is 1.96. The number of rotatable bonds is 3. The number of nitrogens with zero attached hydrogens (tertiary/aromatic N) is 2. The van der Waals surface area contributed by atoms with Crippen LogP contribution in [-0.2, 0) is 9.59 Å². The lowest BCUT2D eigenvalue weighted by molar-refractivity contribution is -0.132. The zero-order chi connectivity index (χ0) is 19.8. The fourth-order valence-electron chi connectivity index (χ4n) is 3.12. The van der Waals surface area contributed by atoms with Gasteiger partial charge in [-0.2, -0.15) is 0 Å². The number of aliphatic hydroxyl groups excluding tert-OH is 1. The van der Waals surface area contributed by atoms with Crippen molar-refractivity contribution in [3.05, 3.63) is 86.9 Å². The van der Waals surface area contributed by atoms with E-state index in [0.717, 1.165) is 0 Å². The lowest BCUT2D eigenvalue weighted by atomic mass is 9.95. The highest BCUT2D eigenvalue weighted by atomic mass is 35.5. The first kappa shape index (κ1) is 18.7. The van der Waals surface area contributed by atoms with Crippen LogP contribution in [0.15, 0.2) is 65.7 Å². The molecule has 1 aromatic heterocycles. The van der Waals surface area contributed by atoms with E-state index in [2.05, 4.69) is 4.98 Å². The molecule has 2 heterocycles. The van der Waals surface area contributed by atoms with Crippen LogP contribution in [0, 0.1) is 0 Å². The Kier molecular flexibility index (Phi) is 4.93. The molecule has 4 rings (SSSR count). The zero-order valence-electron chi connectivity index (χ0n) is 14.2. The number of carbonyl (C=O) groups excluding carboxylic acids is 2. The molecule has 8 heteroatoms. The van der Waals surface area contributed by atoms with Crippen molar-refractivity contribution in [2.45, 2.75) is 6.04 Å². The van der Waals surface area contributed by atoms with Gasteiger partial charge in [0.15, 0.2) is 5.13 Å². The third-order valence-electron chi connectivity index (χ3n) is 4.38. The fraction of sp³-hybridized carbons (Fsp3) is 0.0500. The second kappa shape index (κ2) is 7.39. The highest BCUT2D eigenvalue weighted by Crippen LogP contribution is 2.43. The number of Topliss-reactive ketones (excluding diaryl/α,β-unsaturated/α-hetero) is 1. The van der Waals surface area contributed by atoms with Gasteiger partial charge in [-0.3, -0.25) is 14.5 Å². The molecule has 1 atom stereocenters. The van der Waals surface area contributed by atoms with Crippen molar-refractivity contribution >= 4 is 57.1 Å². The van der Waals surface area contributed by atoms with E-state index in [0.29, 0.717) is 15.7 Å². The van der Waals surface area contributed by atoms with Gasteiger partial charge in [-0.1, -0.05) is 47.5 Å². The summed E-state index contributed by atoms with van der Waals surface area (Å²) in [6.07, 6.45) is 1.55.